The van der Waals surface area contributed by atoms with Crippen molar-refractivity contribution in [3.63, 3.8) is 0 Å². The van der Waals surface area contributed by atoms with E-state index < -0.39 is 0 Å². The van der Waals surface area contributed by atoms with Crippen LogP contribution >= 0.6 is 0 Å². The molecule has 0 aliphatic heterocycles. The molecule has 0 aliphatic carbocycles. The van der Waals surface area contributed by atoms with Crippen molar-refractivity contribution in [2.75, 3.05) is 30.9 Å². The number of hydrogen-bond acceptors (Lipinski definition) is 7. The van der Waals surface area contributed by atoms with Crippen molar-refractivity contribution in [1.29, 1.82) is 0 Å². The molecule has 0 amide bonds. The first kappa shape index (κ1) is 14.2. The fourth-order valence-electron chi connectivity index (χ4n) is 1.97. The van der Waals surface area contributed by atoms with Gasteiger partial charge in [-0.2, -0.15) is 20.1 Å². The summed E-state index contributed by atoms with van der Waals surface area (Å²) >= 11 is 0. The first-order chi connectivity index (χ1) is 9.65. The van der Waals surface area contributed by atoms with Gasteiger partial charge in [0.1, 0.15) is 0 Å². The zero-order valence-electron chi connectivity index (χ0n) is 11.9. The number of anilines is 2. The molecule has 0 aromatic carbocycles. The van der Waals surface area contributed by atoms with E-state index in [-0.39, 0.29) is 12.0 Å². The highest BCUT2D eigenvalue weighted by Gasteiger charge is 2.17. The molecule has 20 heavy (non-hydrogen) atoms. The highest BCUT2D eigenvalue weighted by Crippen LogP contribution is 2.14. The van der Waals surface area contributed by atoms with Gasteiger partial charge in [0, 0.05) is 26.0 Å². The Bertz CT molecular complexity index is 543. The number of rotatable bonds is 6. The molecular weight excluding hydrogens is 258 g/mol. The Hall–Kier alpha value is -2.22. The Balaban J connectivity index is 2.35. The second kappa shape index (κ2) is 6.29. The van der Waals surface area contributed by atoms with E-state index >= 15 is 0 Å². The lowest BCUT2D eigenvalue weighted by Crippen LogP contribution is -2.37. The number of nitrogens with two attached hydrogens (primary N) is 1. The molecule has 8 nitrogen and oxygen atoms in total. The van der Waals surface area contributed by atoms with E-state index in [1.54, 1.807) is 30.3 Å². The number of methoxy groups -OCH3 is 1. The van der Waals surface area contributed by atoms with Crippen molar-refractivity contribution >= 4 is 11.9 Å². The van der Waals surface area contributed by atoms with Crippen LogP contribution in [0.2, 0.25) is 0 Å². The van der Waals surface area contributed by atoms with Gasteiger partial charge >= 0.3 is 0 Å². The second-order valence-electron chi connectivity index (χ2n) is 4.33. The number of aromatic nitrogens is 5. The average molecular weight is 277 g/mol. The summed E-state index contributed by atoms with van der Waals surface area (Å²) in [5.74, 6) is 1.10. The summed E-state index contributed by atoms with van der Waals surface area (Å²) in [6.45, 7) is 5.39. The third kappa shape index (κ3) is 3.02. The number of likely N-dealkylation sites (N-methyl/N-ethyl adjacent to an activating group) is 1. The van der Waals surface area contributed by atoms with Crippen molar-refractivity contribution in [2.45, 2.75) is 19.9 Å². The van der Waals surface area contributed by atoms with E-state index in [2.05, 4.69) is 20.1 Å². The summed E-state index contributed by atoms with van der Waals surface area (Å²) in [7, 11) is 1.67. The molecule has 0 spiro atoms. The van der Waals surface area contributed by atoms with Gasteiger partial charge < -0.3 is 15.4 Å². The number of hydrogen-bond donors (Lipinski definition) is 1. The van der Waals surface area contributed by atoms with E-state index in [0.29, 0.717) is 18.5 Å². The third-order valence-electron chi connectivity index (χ3n) is 2.88. The first-order valence-corrected chi connectivity index (χ1v) is 6.42. The molecule has 2 heterocycles. The minimum absolute atomic E-state index is 0.136. The van der Waals surface area contributed by atoms with Gasteiger partial charge in [0.25, 0.3) is 5.95 Å². The summed E-state index contributed by atoms with van der Waals surface area (Å²) in [6.07, 6.45) is 3.41. The molecule has 0 aliphatic rings. The van der Waals surface area contributed by atoms with Crippen LogP contribution < -0.4 is 10.6 Å². The van der Waals surface area contributed by atoms with Crippen LogP contribution in [0.4, 0.5) is 11.9 Å². The van der Waals surface area contributed by atoms with E-state index in [1.165, 1.54) is 0 Å². The highest BCUT2D eigenvalue weighted by molar-refractivity contribution is 5.38. The van der Waals surface area contributed by atoms with Crippen molar-refractivity contribution < 1.29 is 4.74 Å². The molecule has 8 heteroatoms. The maximum atomic E-state index is 5.77. The van der Waals surface area contributed by atoms with Gasteiger partial charge in [-0.3, -0.25) is 0 Å². The molecule has 2 aromatic rings. The Morgan fingerprint density at radius 1 is 1.40 bits per heavy atom. The van der Waals surface area contributed by atoms with Crippen LogP contribution in [0, 0.1) is 0 Å². The molecule has 1 atom stereocenters. The zero-order valence-corrected chi connectivity index (χ0v) is 11.9. The van der Waals surface area contributed by atoms with E-state index in [4.69, 9.17) is 10.5 Å². The van der Waals surface area contributed by atoms with E-state index in [9.17, 15) is 0 Å². The Kier molecular flexibility index (Phi) is 4.46. The molecule has 2 N–H and O–H groups in total. The Labute approximate surface area is 117 Å². The Morgan fingerprint density at radius 3 is 2.80 bits per heavy atom. The summed E-state index contributed by atoms with van der Waals surface area (Å²) in [4.78, 5) is 14.7. The van der Waals surface area contributed by atoms with Crippen molar-refractivity contribution in [1.82, 2.24) is 24.7 Å². The molecule has 0 saturated heterocycles. The van der Waals surface area contributed by atoms with Crippen molar-refractivity contribution in [3.05, 3.63) is 18.5 Å². The molecule has 0 fully saturated rings. The lowest BCUT2D eigenvalue weighted by atomic mass is 10.3. The summed E-state index contributed by atoms with van der Waals surface area (Å²) < 4.78 is 6.73. The minimum Gasteiger partial charge on any atom is -0.383 e. The minimum atomic E-state index is 0.136. The predicted octanol–water partition coefficient (Wildman–Crippen LogP) is 0.501. The maximum absolute atomic E-state index is 5.77. The zero-order chi connectivity index (χ0) is 14.5. The molecule has 1 unspecified atom stereocenters. The Morgan fingerprint density at radius 2 is 2.20 bits per heavy atom. The van der Waals surface area contributed by atoms with Crippen LogP contribution in [-0.2, 0) is 4.74 Å². The van der Waals surface area contributed by atoms with Gasteiger partial charge in [0.15, 0.2) is 0 Å². The fraction of sp³-hybridized carbons (Fsp3) is 0.500. The van der Waals surface area contributed by atoms with Crippen LogP contribution in [0.15, 0.2) is 18.5 Å². The van der Waals surface area contributed by atoms with Gasteiger partial charge in [-0.25, -0.2) is 4.68 Å². The SMILES string of the molecule is CCN(c1nc(N)nc(-n2cccn2)n1)C(C)COC. The third-order valence-corrected chi connectivity index (χ3v) is 2.88. The van der Waals surface area contributed by atoms with Crippen molar-refractivity contribution in [2.24, 2.45) is 0 Å². The van der Waals surface area contributed by atoms with Gasteiger partial charge in [-0.1, -0.05) is 0 Å². The average Bonchev–Trinajstić information content (AvgIpc) is 2.93. The van der Waals surface area contributed by atoms with Gasteiger partial charge in [0.05, 0.1) is 12.6 Å². The molecule has 2 rings (SSSR count). The largest absolute Gasteiger partial charge is 0.383 e. The van der Waals surface area contributed by atoms with Gasteiger partial charge in [-0.15, -0.1) is 0 Å². The predicted molar refractivity (Wildman–Crippen MR) is 75.7 cm³/mol. The van der Waals surface area contributed by atoms with Crippen LogP contribution in [0.25, 0.3) is 5.95 Å². The summed E-state index contributed by atoms with van der Waals surface area (Å²) in [6, 6.07) is 1.93. The van der Waals surface area contributed by atoms with Crippen LogP contribution in [0.3, 0.4) is 0 Å². The molecular formula is C12H19N7O. The molecule has 108 valence electrons. The molecule has 0 bridgehead atoms. The van der Waals surface area contributed by atoms with Crippen LogP contribution in [0.5, 0.6) is 0 Å². The van der Waals surface area contributed by atoms with Crippen molar-refractivity contribution in [3.8, 4) is 5.95 Å². The highest BCUT2D eigenvalue weighted by atomic mass is 16.5. The summed E-state index contributed by atoms with van der Waals surface area (Å²) in [5, 5.41) is 4.10. The molecule has 2 aromatic heterocycles. The first-order valence-electron chi connectivity index (χ1n) is 6.42. The van der Waals surface area contributed by atoms with Gasteiger partial charge in [-0.05, 0) is 19.9 Å². The standard InChI is InChI=1S/C12H19N7O/c1-4-18(9(2)8-20-3)11-15-10(13)16-12(17-11)19-7-5-6-14-19/h5-7,9H,4,8H2,1-3H3,(H2,13,15,16,17). The quantitative estimate of drug-likeness (QED) is 0.821. The second-order valence-corrected chi connectivity index (χ2v) is 4.33. The topological polar surface area (TPSA) is 95.0 Å². The van der Waals surface area contributed by atoms with E-state index in [1.807, 2.05) is 18.7 Å². The molecule has 0 saturated carbocycles. The van der Waals surface area contributed by atoms with Crippen LogP contribution in [-0.4, -0.2) is 51.0 Å². The van der Waals surface area contributed by atoms with Gasteiger partial charge in [0.2, 0.25) is 11.9 Å². The summed E-state index contributed by atoms with van der Waals surface area (Å²) in [5.41, 5.74) is 5.77. The monoisotopic (exact) mass is 277 g/mol. The smallest absolute Gasteiger partial charge is 0.257 e. The lowest BCUT2D eigenvalue weighted by Gasteiger charge is -2.27. The number of ether oxygens (including phenoxy) is 1. The van der Waals surface area contributed by atoms with E-state index in [0.717, 1.165) is 6.54 Å². The number of nitrogens with zero attached hydrogens (tertiary/aromatic N) is 6. The maximum Gasteiger partial charge on any atom is 0.257 e. The normalized spacial score (nSPS) is 12.3. The number of nitrogen functional groups attached to an aromatic ring is 1. The fourth-order valence-corrected chi connectivity index (χ4v) is 1.97. The molecule has 0 radical (unpaired) electrons. The van der Waals surface area contributed by atoms with Crippen LogP contribution in [0.1, 0.15) is 13.8 Å². The lowest BCUT2D eigenvalue weighted by molar-refractivity contribution is 0.181.